The molecule has 1 heterocycles. The van der Waals surface area contributed by atoms with Crippen molar-refractivity contribution >= 4 is 11.7 Å². The standard InChI is InChI=1S/C13H15N3O3/c1-3-18-13(17)11-12(8(2)15-16-11)19-10-6-4-9(14)5-7-10/h4-7H,3,14H2,1-2H3,(H,15,16). The number of aromatic amines is 1. The van der Waals surface area contributed by atoms with Gasteiger partial charge in [-0.1, -0.05) is 0 Å². The van der Waals surface area contributed by atoms with Crippen LogP contribution >= 0.6 is 0 Å². The number of nitrogens with two attached hydrogens (primary N) is 1. The van der Waals surface area contributed by atoms with E-state index in [0.29, 0.717) is 22.9 Å². The first kappa shape index (κ1) is 12.9. The summed E-state index contributed by atoms with van der Waals surface area (Å²) in [7, 11) is 0. The van der Waals surface area contributed by atoms with E-state index in [2.05, 4.69) is 10.2 Å². The van der Waals surface area contributed by atoms with Gasteiger partial charge in [-0.25, -0.2) is 4.79 Å². The van der Waals surface area contributed by atoms with Crippen LogP contribution in [0.5, 0.6) is 11.5 Å². The van der Waals surface area contributed by atoms with E-state index in [4.69, 9.17) is 15.2 Å². The van der Waals surface area contributed by atoms with E-state index in [9.17, 15) is 4.79 Å². The van der Waals surface area contributed by atoms with Gasteiger partial charge in [-0.2, -0.15) is 5.10 Å². The fourth-order valence-corrected chi connectivity index (χ4v) is 1.54. The molecule has 0 unspecified atom stereocenters. The number of nitrogen functional groups attached to an aromatic ring is 1. The molecule has 0 saturated carbocycles. The molecule has 1 aromatic heterocycles. The van der Waals surface area contributed by atoms with Gasteiger partial charge in [-0.05, 0) is 38.1 Å². The highest BCUT2D eigenvalue weighted by Gasteiger charge is 2.20. The van der Waals surface area contributed by atoms with Gasteiger partial charge >= 0.3 is 5.97 Å². The number of esters is 1. The summed E-state index contributed by atoms with van der Waals surface area (Å²) in [5.41, 5.74) is 7.03. The van der Waals surface area contributed by atoms with Crippen molar-refractivity contribution in [1.29, 1.82) is 0 Å². The fraction of sp³-hybridized carbons (Fsp3) is 0.231. The molecule has 0 bridgehead atoms. The molecule has 0 radical (unpaired) electrons. The summed E-state index contributed by atoms with van der Waals surface area (Å²) in [5, 5.41) is 6.57. The van der Waals surface area contributed by atoms with Crippen LogP contribution < -0.4 is 10.5 Å². The third-order valence-electron chi connectivity index (χ3n) is 2.47. The van der Waals surface area contributed by atoms with Crippen molar-refractivity contribution in [3.63, 3.8) is 0 Å². The number of hydrogen-bond donors (Lipinski definition) is 2. The highest BCUT2D eigenvalue weighted by molar-refractivity contribution is 5.90. The maximum absolute atomic E-state index is 11.7. The largest absolute Gasteiger partial charge is 0.461 e. The summed E-state index contributed by atoms with van der Waals surface area (Å²) in [6.45, 7) is 3.77. The second kappa shape index (κ2) is 5.43. The van der Waals surface area contributed by atoms with Gasteiger partial charge < -0.3 is 15.2 Å². The number of benzene rings is 1. The van der Waals surface area contributed by atoms with Crippen molar-refractivity contribution in [1.82, 2.24) is 10.2 Å². The number of anilines is 1. The van der Waals surface area contributed by atoms with Gasteiger partial charge in [-0.3, -0.25) is 5.10 Å². The predicted molar refractivity (Wildman–Crippen MR) is 70.2 cm³/mol. The molecule has 19 heavy (non-hydrogen) atoms. The van der Waals surface area contributed by atoms with E-state index in [1.54, 1.807) is 38.1 Å². The lowest BCUT2D eigenvalue weighted by Crippen LogP contribution is -2.06. The van der Waals surface area contributed by atoms with E-state index < -0.39 is 5.97 Å². The van der Waals surface area contributed by atoms with Crippen LogP contribution in [-0.4, -0.2) is 22.8 Å². The summed E-state index contributed by atoms with van der Waals surface area (Å²) >= 11 is 0. The molecule has 100 valence electrons. The van der Waals surface area contributed by atoms with Gasteiger partial charge in [0.2, 0.25) is 0 Å². The summed E-state index contributed by atoms with van der Waals surface area (Å²) in [4.78, 5) is 11.7. The quantitative estimate of drug-likeness (QED) is 0.650. The molecule has 0 aliphatic rings. The molecule has 1 aromatic carbocycles. The second-order valence-electron chi connectivity index (χ2n) is 3.90. The van der Waals surface area contributed by atoms with Crippen LogP contribution in [-0.2, 0) is 4.74 Å². The van der Waals surface area contributed by atoms with Gasteiger partial charge in [-0.15, -0.1) is 0 Å². The van der Waals surface area contributed by atoms with E-state index in [1.807, 2.05) is 0 Å². The monoisotopic (exact) mass is 261 g/mol. The maximum Gasteiger partial charge on any atom is 0.360 e. The third kappa shape index (κ3) is 2.85. The summed E-state index contributed by atoms with van der Waals surface area (Å²) in [6.07, 6.45) is 0. The lowest BCUT2D eigenvalue weighted by molar-refractivity contribution is 0.0516. The zero-order chi connectivity index (χ0) is 13.8. The first-order valence-electron chi connectivity index (χ1n) is 5.87. The zero-order valence-corrected chi connectivity index (χ0v) is 10.8. The SMILES string of the molecule is CCOC(=O)c1[nH]nc(C)c1Oc1ccc(N)cc1. The van der Waals surface area contributed by atoms with Crippen molar-refractivity contribution in [2.75, 3.05) is 12.3 Å². The van der Waals surface area contributed by atoms with E-state index in [0.717, 1.165) is 0 Å². The minimum absolute atomic E-state index is 0.205. The number of ether oxygens (including phenoxy) is 2. The van der Waals surface area contributed by atoms with Gasteiger partial charge in [0.25, 0.3) is 0 Å². The maximum atomic E-state index is 11.7. The zero-order valence-electron chi connectivity index (χ0n) is 10.8. The summed E-state index contributed by atoms with van der Waals surface area (Å²) < 4.78 is 10.6. The molecule has 0 amide bonds. The molecule has 2 aromatic rings. The van der Waals surface area contributed by atoms with Crippen LogP contribution in [0.3, 0.4) is 0 Å². The van der Waals surface area contributed by atoms with Crippen molar-refractivity contribution in [2.24, 2.45) is 0 Å². The van der Waals surface area contributed by atoms with Gasteiger partial charge in [0, 0.05) is 5.69 Å². The highest BCUT2D eigenvalue weighted by atomic mass is 16.5. The molecule has 0 fully saturated rings. The van der Waals surface area contributed by atoms with Gasteiger partial charge in [0.1, 0.15) is 11.4 Å². The minimum Gasteiger partial charge on any atom is -0.461 e. The Bertz CT molecular complexity index is 575. The number of carbonyl (C=O) groups excluding carboxylic acids is 1. The molecule has 0 spiro atoms. The smallest absolute Gasteiger partial charge is 0.360 e. The lowest BCUT2D eigenvalue weighted by atomic mass is 10.3. The molecular formula is C13H15N3O3. The average molecular weight is 261 g/mol. The van der Waals surface area contributed by atoms with Crippen LogP contribution in [0.1, 0.15) is 23.1 Å². The van der Waals surface area contributed by atoms with E-state index >= 15 is 0 Å². The fourth-order valence-electron chi connectivity index (χ4n) is 1.54. The van der Waals surface area contributed by atoms with Crippen molar-refractivity contribution in [3.05, 3.63) is 35.7 Å². The summed E-state index contributed by atoms with van der Waals surface area (Å²) in [6, 6.07) is 6.87. The first-order valence-corrected chi connectivity index (χ1v) is 5.87. The minimum atomic E-state index is -0.492. The van der Waals surface area contributed by atoms with Crippen molar-refractivity contribution in [3.8, 4) is 11.5 Å². The molecule has 6 heteroatoms. The Balaban J connectivity index is 2.26. The molecule has 2 rings (SSSR count). The van der Waals surface area contributed by atoms with E-state index in [-0.39, 0.29) is 12.3 Å². The Kier molecular flexibility index (Phi) is 3.70. The number of H-pyrrole nitrogens is 1. The Labute approximate surface area is 110 Å². The van der Waals surface area contributed by atoms with Gasteiger partial charge in [0.15, 0.2) is 11.4 Å². The molecule has 6 nitrogen and oxygen atoms in total. The lowest BCUT2D eigenvalue weighted by Gasteiger charge is -2.07. The number of nitrogens with one attached hydrogen (secondary N) is 1. The summed E-state index contributed by atoms with van der Waals surface area (Å²) in [5.74, 6) is 0.445. The topological polar surface area (TPSA) is 90.2 Å². The number of nitrogens with zero attached hydrogens (tertiary/aromatic N) is 1. The molecule has 0 aliphatic carbocycles. The Morgan fingerprint density at radius 2 is 2.05 bits per heavy atom. The highest BCUT2D eigenvalue weighted by Crippen LogP contribution is 2.28. The number of hydrogen-bond acceptors (Lipinski definition) is 5. The number of aryl methyl sites for hydroxylation is 1. The molecular weight excluding hydrogens is 246 g/mol. The average Bonchev–Trinajstić information content (AvgIpc) is 2.74. The molecule has 0 saturated heterocycles. The Hall–Kier alpha value is -2.50. The van der Waals surface area contributed by atoms with Crippen LogP contribution in [0.25, 0.3) is 0 Å². The van der Waals surface area contributed by atoms with E-state index in [1.165, 1.54) is 0 Å². The molecule has 0 aliphatic heterocycles. The Morgan fingerprint density at radius 3 is 2.68 bits per heavy atom. The normalized spacial score (nSPS) is 10.2. The Morgan fingerprint density at radius 1 is 1.37 bits per heavy atom. The van der Waals surface area contributed by atoms with Crippen LogP contribution in [0.4, 0.5) is 5.69 Å². The predicted octanol–water partition coefficient (Wildman–Crippen LogP) is 2.27. The van der Waals surface area contributed by atoms with Crippen LogP contribution in [0.15, 0.2) is 24.3 Å². The van der Waals surface area contributed by atoms with Crippen LogP contribution in [0, 0.1) is 6.92 Å². The third-order valence-corrected chi connectivity index (χ3v) is 2.47. The molecule has 0 atom stereocenters. The number of carbonyl (C=O) groups is 1. The van der Waals surface area contributed by atoms with Crippen molar-refractivity contribution in [2.45, 2.75) is 13.8 Å². The molecule has 3 N–H and O–H groups in total. The number of rotatable bonds is 4. The second-order valence-corrected chi connectivity index (χ2v) is 3.90. The first-order chi connectivity index (χ1) is 9.11. The van der Waals surface area contributed by atoms with Crippen molar-refractivity contribution < 1.29 is 14.3 Å². The van der Waals surface area contributed by atoms with Crippen LogP contribution in [0.2, 0.25) is 0 Å². The van der Waals surface area contributed by atoms with Gasteiger partial charge in [0.05, 0.1) is 6.61 Å². The number of aromatic nitrogens is 2.